The molecule has 5 nitrogen and oxygen atoms in total. The molecule has 5 heteroatoms. The first-order chi connectivity index (χ1) is 8.90. The molecule has 3 unspecified atom stereocenters. The van der Waals surface area contributed by atoms with Gasteiger partial charge < -0.3 is 15.7 Å². The molecule has 3 atom stereocenters. The highest BCUT2D eigenvalue weighted by atomic mass is 16.4. The fraction of sp³-hybridized carbons (Fsp3) is 0.857. The number of carboxylic acid groups (broad SMARTS) is 1. The summed E-state index contributed by atoms with van der Waals surface area (Å²) in [5.74, 6) is -0.164. The molecule has 3 N–H and O–H groups in total. The summed E-state index contributed by atoms with van der Waals surface area (Å²) in [6, 6.07) is 0.0514. The fourth-order valence-corrected chi connectivity index (χ4v) is 2.65. The van der Waals surface area contributed by atoms with Gasteiger partial charge >= 0.3 is 5.97 Å². The van der Waals surface area contributed by atoms with Crippen LogP contribution in [0, 0.1) is 11.8 Å². The Bertz CT molecular complexity index is 318. The topological polar surface area (TPSA) is 83.6 Å². The van der Waals surface area contributed by atoms with Gasteiger partial charge in [-0.25, -0.2) is 0 Å². The van der Waals surface area contributed by atoms with Crippen LogP contribution in [0.4, 0.5) is 0 Å². The highest BCUT2D eigenvalue weighted by molar-refractivity contribution is 5.76. The Morgan fingerprint density at radius 3 is 2.68 bits per heavy atom. The number of hydrogen-bond donors (Lipinski definition) is 2. The van der Waals surface area contributed by atoms with Crippen molar-refractivity contribution in [2.75, 3.05) is 13.1 Å². The van der Waals surface area contributed by atoms with E-state index in [4.69, 9.17) is 10.8 Å². The van der Waals surface area contributed by atoms with Crippen molar-refractivity contribution in [3.8, 4) is 0 Å². The maximum absolute atomic E-state index is 12.0. The van der Waals surface area contributed by atoms with Crippen LogP contribution in [0.1, 0.15) is 46.0 Å². The molecular weight excluding hydrogens is 244 g/mol. The van der Waals surface area contributed by atoms with E-state index in [-0.39, 0.29) is 24.3 Å². The molecule has 1 aliphatic heterocycles. The Balaban J connectivity index is 2.45. The lowest BCUT2D eigenvalue weighted by atomic mass is 9.84. The van der Waals surface area contributed by atoms with Gasteiger partial charge in [-0.05, 0) is 38.0 Å². The van der Waals surface area contributed by atoms with Crippen molar-refractivity contribution in [3.05, 3.63) is 0 Å². The third-order valence-electron chi connectivity index (χ3n) is 3.93. The molecule has 0 aromatic heterocycles. The number of aliphatic carboxylic acids is 1. The number of carboxylic acids is 1. The van der Waals surface area contributed by atoms with Crippen molar-refractivity contribution in [2.45, 2.75) is 52.0 Å². The molecule has 0 spiro atoms. The van der Waals surface area contributed by atoms with E-state index >= 15 is 0 Å². The van der Waals surface area contributed by atoms with Gasteiger partial charge in [0.25, 0.3) is 0 Å². The highest BCUT2D eigenvalue weighted by Crippen LogP contribution is 2.26. The van der Waals surface area contributed by atoms with Crippen LogP contribution in [-0.2, 0) is 9.59 Å². The summed E-state index contributed by atoms with van der Waals surface area (Å²) >= 11 is 0. The average molecular weight is 270 g/mol. The first-order valence-electron chi connectivity index (χ1n) is 7.15. The minimum atomic E-state index is -0.757. The van der Waals surface area contributed by atoms with Gasteiger partial charge in [0.1, 0.15) is 0 Å². The zero-order valence-electron chi connectivity index (χ0n) is 12.0. The van der Waals surface area contributed by atoms with Gasteiger partial charge in [-0.2, -0.15) is 0 Å². The molecule has 19 heavy (non-hydrogen) atoms. The molecule has 0 radical (unpaired) electrons. The quantitative estimate of drug-likeness (QED) is 0.765. The van der Waals surface area contributed by atoms with Crippen LogP contribution in [0.2, 0.25) is 0 Å². The van der Waals surface area contributed by atoms with Gasteiger partial charge in [0.15, 0.2) is 0 Å². The summed E-state index contributed by atoms with van der Waals surface area (Å²) in [7, 11) is 0. The SMILES string of the molecule is CC(N)CCC(=O)N1CCCC(C(C)CC(=O)O)C1. The summed E-state index contributed by atoms with van der Waals surface area (Å²) in [5.41, 5.74) is 5.66. The number of piperidine rings is 1. The lowest BCUT2D eigenvalue weighted by Gasteiger charge is -2.35. The lowest BCUT2D eigenvalue weighted by molar-refractivity contribution is -0.138. The third kappa shape index (κ3) is 5.59. The predicted octanol–water partition coefficient (Wildman–Crippen LogP) is 1.46. The molecule has 0 bridgehead atoms. The third-order valence-corrected chi connectivity index (χ3v) is 3.93. The van der Waals surface area contributed by atoms with E-state index < -0.39 is 5.97 Å². The second-order valence-electron chi connectivity index (χ2n) is 5.83. The molecule has 1 saturated heterocycles. The van der Waals surface area contributed by atoms with Crippen molar-refractivity contribution >= 4 is 11.9 Å². The molecule has 110 valence electrons. The van der Waals surface area contributed by atoms with Crippen LogP contribution >= 0.6 is 0 Å². The summed E-state index contributed by atoms with van der Waals surface area (Å²) in [5, 5.41) is 8.84. The number of hydrogen-bond acceptors (Lipinski definition) is 3. The molecule has 0 saturated carbocycles. The van der Waals surface area contributed by atoms with Crippen LogP contribution in [0.15, 0.2) is 0 Å². The number of nitrogens with zero attached hydrogens (tertiary/aromatic N) is 1. The van der Waals surface area contributed by atoms with Crippen molar-refractivity contribution in [1.82, 2.24) is 4.90 Å². The monoisotopic (exact) mass is 270 g/mol. The van der Waals surface area contributed by atoms with E-state index in [1.54, 1.807) is 0 Å². The van der Waals surface area contributed by atoms with E-state index in [0.717, 1.165) is 19.4 Å². The Morgan fingerprint density at radius 1 is 1.42 bits per heavy atom. The Labute approximate surface area is 115 Å². The second kappa shape index (κ2) is 7.48. The first kappa shape index (κ1) is 16.0. The predicted molar refractivity (Wildman–Crippen MR) is 73.6 cm³/mol. The largest absolute Gasteiger partial charge is 0.481 e. The number of likely N-dealkylation sites (tertiary alicyclic amines) is 1. The maximum Gasteiger partial charge on any atom is 0.303 e. The normalized spacial score (nSPS) is 22.9. The molecule has 0 aliphatic carbocycles. The zero-order valence-corrected chi connectivity index (χ0v) is 12.0. The minimum Gasteiger partial charge on any atom is -0.481 e. The lowest BCUT2D eigenvalue weighted by Crippen LogP contribution is -2.42. The van der Waals surface area contributed by atoms with Gasteiger partial charge in [-0.15, -0.1) is 0 Å². The van der Waals surface area contributed by atoms with Crippen LogP contribution < -0.4 is 5.73 Å². The van der Waals surface area contributed by atoms with E-state index in [0.29, 0.717) is 25.3 Å². The van der Waals surface area contributed by atoms with Crippen LogP contribution in [0.3, 0.4) is 0 Å². The fourth-order valence-electron chi connectivity index (χ4n) is 2.65. The van der Waals surface area contributed by atoms with E-state index in [1.807, 2.05) is 18.7 Å². The Morgan fingerprint density at radius 2 is 2.11 bits per heavy atom. The van der Waals surface area contributed by atoms with Gasteiger partial charge in [-0.3, -0.25) is 9.59 Å². The summed E-state index contributed by atoms with van der Waals surface area (Å²) in [4.78, 5) is 24.7. The second-order valence-corrected chi connectivity index (χ2v) is 5.83. The standard InChI is InChI=1S/C14H26N2O3/c1-10(8-14(18)19)12-4-3-7-16(9-12)13(17)6-5-11(2)15/h10-12H,3-9,15H2,1-2H3,(H,18,19). The van der Waals surface area contributed by atoms with E-state index in [1.165, 1.54) is 0 Å². The molecule has 1 rings (SSSR count). The molecule has 1 amide bonds. The van der Waals surface area contributed by atoms with Crippen LogP contribution in [0.5, 0.6) is 0 Å². The van der Waals surface area contributed by atoms with Gasteiger partial charge in [0.2, 0.25) is 5.91 Å². The number of amides is 1. The molecule has 1 aliphatic rings. The van der Waals surface area contributed by atoms with Crippen molar-refractivity contribution in [3.63, 3.8) is 0 Å². The molecule has 0 aromatic carbocycles. The molecule has 0 aromatic rings. The first-order valence-corrected chi connectivity index (χ1v) is 7.15. The number of carbonyl (C=O) groups excluding carboxylic acids is 1. The summed E-state index contributed by atoms with van der Waals surface area (Å²) < 4.78 is 0. The summed E-state index contributed by atoms with van der Waals surface area (Å²) in [6.45, 7) is 5.37. The van der Waals surface area contributed by atoms with E-state index in [9.17, 15) is 9.59 Å². The highest BCUT2D eigenvalue weighted by Gasteiger charge is 2.28. The number of carbonyl (C=O) groups is 2. The zero-order chi connectivity index (χ0) is 14.4. The van der Waals surface area contributed by atoms with Crippen molar-refractivity contribution < 1.29 is 14.7 Å². The average Bonchev–Trinajstić information content (AvgIpc) is 2.35. The number of rotatable bonds is 6. The van der Waals surface area contributed by atoms with Crippen molar-refractivity contribution in [2.24, 2.45) is 17.6 Å². The summed E-state index contributed by atoms with van der Waals surface area (Å²) in [6.07, 6.45) is 3.39. The smallest absolute Gasteiger partial charge is 0.303 e. The molecular formula is C14H26N2O3. The van der Waals surface area contributed by atoms with Crippen LogP contribution in [0.25, 0.3) is 0 Å². The van der Waals surface area contributed by atoms with Gasteiger partial charge in [0, 0.05) is 32.0 Å². The minimum absolute atomic E-state index is 0.0514. The van der Waals surface area contributed by atoms with Gasteiger partial charge in [-0.1, -0.05) is 6.92 Å². The Kier molecular flexibility index (Phi) is 6.28. The van der Waals surface area contributed by atoms with Crippen molar-refractivity contribution in [1.29, 1.82) is 0 Å². The molecule has 1 heterocycles. The number of nitrogens with two attached hydrogens (primary N) is 1. The molecule has 1 fully saturated rings. The van der Waals surface area contributed by atoms with Gasteiger partial charge in [0.05, 0.1) is 0 Å². The maximum atomic E-state index is 12.0. The van der Waals surface area contributed by atoms with E-state index in [2.05, 4.69) is 0 Å². The van der Waals surface area contributed by atoms with Crippen LogP contribution in [-0.4, -0.2) is 41.0 Å². The Hall–Kier alpha value is -1.10.